The van der Waals surface area contributed by atoms with Crippen molar-refractivity contribution in [3.8, 4) is 11.5 Å². The Morgan fingerprint density at radius 2 is 2.00 bits per heavy atom. The van der Waals surface area contributed by atoms with Gasteiger partial charge in [-0.2, -0.15) is 5.10 Å². The smallest absolute Gasteiger partial charge is 0.269 e. The number of hydrazone groups is 1. The topological polar surface area (TPSA) is 116 Å². The van der Waals surface area contributed by atoms with Gasteiger partial charge < -0.3 is 9.47 Å². The lowest BCUT2D eigenvalue weighted by Gasteiger charge is -2.14. The van der Waals surface area contributed by atoms with Gasteiger partial charge >= 0.3 is 0 Å². The van der Waals surface area contributed by atoms with Gasteiger partial charge in [0.25, 0.3) is 11.6 Å². The number of nitrogens with one attached hydrogen (secondary N) is 1. The van der Waals surface area contributed by atoms with E-state index in [2.05, 4.69) is 31.4 Å². The average Bonchev–Trinajstić information content (AvgIpc) is 3.31. The monoisotopic (exact) mass is 600 g/mol. The van der Waals surface area contributed by atoms with Crippen molar-refractivity contribution >= 4 is 67.1 Å². The van der Waals surface area contributed by atoms with E-state index >= 15 is 0 Å². The molecule has 3 aromatic carbocycles. The first-order chi connectivity index (χ1) is 17.9. The lowest BCUT2D eigenvalue weighted by Crippen LogP contribution is -2.19. The summed E-state index contributed by atoms with van der Waals surface area (Å²) in [5.41, 5.74) is 4.94. The summed E-state index contributed by atoms with van der Waals surface area (Å²) in [6.07, 6.45) is 1.52. The van der Waals surface area contributed by atoms with Crippen molar-refractivity contribution in [2.45, 2.75) is 17.9 Å². The molecule has 1 heterocycles. The number of carbonyl (C=O) groups is 1. The molecule has 0 atom stereocenters. The summed E-state index contributed by atoms with van der Waals surface area (Å²) in [7, 11) is 0. The molecule has 190 valence electrons. The molecule has 12 heteroatoms. The summed E-state index contributed by atoms with van der Waals surface area (Å²) in [6.45, 7) is 2.48. The number of halogens is 1. The Kier molecular flexibility index (Phi) is 9.09. The second-order valence-corrected chi connectivity index (χ2v) is 10.6. The first kappa shape index (κ1) is 26.6. The summed E-state index contributed by atoms with van der Waals surface area (Å²) in [6, 6.07) is 17.5. The van der Waals surface area contributed by atoms with Crippen LogP contribution in [-0.4, -0.2) is 34.4 Å². The molecule has 1 aromatic heterocycles. The first-order valence-corrected chi connectivity index (χ1v) is 13.6. The van der Waals surface area contributed by atoms with Gasteiger partial charge in [-0.05, 0) is 70.4 Å². The number of nitro benzene ring substituents is 1. The van der Waals surface area contributed by atoms with E-state index in [1.807, 2.05) is 31.2 Å². The average molecular weight is 602 g/mol. The van der Waals surface area contributed by atoms with Crippen molar-refractivity contribution in [1.29, 1.82) is 0 Å². The molecule has 1 N–H and O–H groups in total. The van der Waals surface area contributed by atoms with E-state index in [-0.39, 0.29) is 24.0 Å². The molecule has 4 aromatic rings. The SMILES string of the molecule is CCOc1cc(/C=N\NC(=O)CSc2nc3ccccc3s2)cc(Br)c1OCc1ccc([N+](=O)[O-])cc1. The van der Waals surface area contributed by atoms with Gasteiger partial charge in [-0.3, -0.25) is 14.9 Å². The summed E-state index contributed by atoms with van der Waals surface area (Å²) in [5, 5.41) is 14.9. The number of carbonyl (C=O) groups excluding carboxylic acids is 1. The number of nitrogens with zero attached hydrogens (tertiary/aromatic N) is 3. The molecule has 0 aliphatic rings. The number of nitro groups is 1. The number of hydrogen-bond acceptors (Lipinski definition) is 9. The van der Waals surface area contributed by atoms with Crippen LogP contribution in [0.15, 0.2) is 74.6 Å². The van der Waals surface area contributed by atoms with E-state index in [1.165, 1.54) is 30.1 Å². The first-order valence-electron chi connectivity index (χ1n) is 11.1. The molecule has 0 fully saturated rings. The third-order valence-corrected chi connectivity index (χ3v) is 7.63. The Morgan fingerprint density at radius 1 is 1.22 bits per heavy atom. The van der Waals surface area contributed by atoms with E-state index < -0.39 is 4.92 Å². The molecule has 0 unspecified atom stereocenters. The van der Waals surface area contributed by atoms with Crippen LogP contribution in [0, 0.1) is 10.1 Å². The van der Waals surface area contributed by atoms with Crippen molar-refractivity contribution in [3.05, 3.63) is 86.4 Å². The number of thiazole rings is 1. The molecule has 4 rings (SSSR count). The van der Waals surface area contributed by atoms with Crippen LogP contribution in [0.2, 0.25) is 0 Å². The molecule has 0 saturated heterocycles. The van der Waals surface area contributed by atoms with E-state index in [4.69, 9.17) is 9.47 Å². The largest absolute Gasteiger partial charge is 0.490 e. The minimum atomic E-state index is -0.446. The number of benzene rings is 3. The predicted octanol–water partition coefficient (Wildman–Crippen LogP) is 6.19. The van der Waals surface area contributed by atoms with Crippen molar-refractivity contribution < 1.29 is 19.2 Å². The number of amides is 1. The maximum Gasteiger partial charge on any atom is 0.269 e. The molecular formula is C25H21BrN4O5S2. The Balaban J connectivity index is 1.35. The molecule has 0 saturated carbocycles. The zero-order valence-corrected chi connectivity index (χ0v) is 22.8. The molecule has 1 amide bonds. The highest BCUT2D eigenvalue weighted by Gasteiger charge is 2.13. The molecule has 9 nitrogen and oxygen atoms in total. The minimum Gasteiger partial charge on any atom is -0.490 e. The van der Waals surface area contributed by atoms with Crippen LogP contribution in [0.3, 0.4) is 0 Å². The summed E-state index contributed by atoms with van der Waals surface area (Å²) in [4.78, 5) is 27.1. The Hall–Kier alpha value is -3.48. The fourth-order valence-corrected chi connectivity index (χ4v) is 5.62. The molecule has 0 spiro atoms. The van der Waals surface area contributed by atoms with Gasteiger partial charge in [-0.1, -0.05) is 23.9 Å². The highest BCUT2D eigenvalue weighted by molar-refractivity contribution is 9.10. The van der Waals surface area contributed by atoms with Gasteiger partial charge in [0.15, 0.2) is 15.8 Å². The third kappa shape index (κ3) is 7.28. The highest BCUT2D eigenvalue weighted by Crippen LogP contribution is 2.37. The maximum atomic E-state index is 12.2. The van der Waals surface area contributed by atoms with Crippen LogP contribution in [0.5, 0.6) is 11.5 Å². The van der Waals surface area contributed by atoms with Crippen LogP contribution >= 0.6 is 39.0 Å². The highest BCUT2D eigenvalue weighted by atomic mass is 79.9. The number of hydrogen-bond donors (Lipinski definition) is 1. The van der Waals surface area contributed by atoms with E-state index in [1.54, 1.807) is 35.6 Å². The molecule has 0 aliphatic carbocycles. The fraction of sp³-hybridized carbons (Fsp3) is 0.160. The number of thioether (sulfide) groups is 1. The van der Waals surface area contributed by atoms with Crippen LogP contribution < -0.4 is 14.9 Å². The van der Waals surface area contributed by atoms with Crippen LogP contribution in [-0.2, 0) is 11.4 Å². The lowest BCUT2D eigenvalue weighted by atomic mass is 10.2. The molecule has 0 bridgehead atoms. The Bertz CT molecular complexity index is 1410. The van der Waals surface area contributed by atoms with Gasteiger partial charge in [0.2, 0.25) is 0 Å². The molecule has 37 heavy (non-hydrogen) atoms. The standard InChI is InChI=1S/C25H21BrN4O5S2/c1-2-34-21-12-17(11-19(26)24(21)35-14-16-7-9-18(10-8-16)30(32)33)13-27-29-23(31)15-36-25-28-20-5-3-4-6-22(20)37-25/h3-13H,2,14-15H2,1H3,(H,29,31)/b27-13-. The quantitative estimate of drug-likeness (QED) is 0.0944. The van der Waals surface area contributed by atoms with Crippen LogP contribution in [0.1, 0.15) is 18.1 Å². The number of fused-ring (bicyclic) bond motifs is 1. The van der Waals surface area contributed by atoms with Gasteiger partial charge in [0.1, 0.15) is 6.61 Å². The van der Waals surface area contributed by atoms with Crippen molar-refractivity contribution in [3.63, 3.8) is 0 Å². The second kappa shape index (κ2) is 12.7. The fourth-order valence-electron chi connectivity index (χ4n) is 3.19. The zero-order chi connectivity index (χ0) is 26.2. The number of para-hydroxylation sites is 1. The van der Waals surface area contributed by atoms with Gasteiger partial charge in [-0.25, -0.2) is 10.4 Å². The number of aromatic nitrogens is 1. The van der Waals surface area contributed by atoms with E-state index in [9.17, 15) is 14.9 Å². The normalized spacial score (nSPS) is 11.1. The summed E-state index contributed by atoms with van der Waals surface area (Å²) >= 11 is 6.42. The number of ether oxygens (including phenoxy) is 2. The predicted molar refractivity (Wildman–Crippen MR) is 149 cm³/mol. The van der Waals surface area contributed by atoms with Gasteiger partial charge in [-0.15, -0.1) is 11.3 Å². The van der Waals surface area contributed by atoms with Crippen molar-refractivity contribution in [1.82, 2.24) is 10.4 Å². The van der Waals surface area contributed by atoms with Crippen molar-refractivity contribution in [2.24, 2.45) is 5.10 Å². The molecule has 0 radical (unpaired) electrons. The molecule has 0 aliphatic heterocycles. The van der Waals surface area contributed by atoms with Crippen LogP contribution in [0.4, 0.5) is 5.69 Å². The maximum absolute atomic E-state index is 12.2. The molecular weight excluding hydrogens is 580 g/mol. The van der Waals surface area contributed by atoms with Gasteiger partial charge in [0.05, 0.1) is 38.2 Å². The third-order valence-electron chi connectivity index (χ3n) is 4.87. The van der Waals surface area contributed by atoms with Crippen LogP contribution in [0.25, 0.3) is 10.2 Å². The summed E-state index contributed by atoms with van der Waals surface area (Å²) < 4.78 is 14.2. The van der Waals surface area contributed by atoms with E-state index in [0.29, 0.717) is 28.1 Å². The Morgan fingerprint density at radius 3 is 2.73 bits per heavy atom. The summed E-state index contributed by atoms with van der Waals surface area (Å²) in [5.74, 6) is 0.944. The second-order valence-electron chi connectivity index (χ2n) is 7.50. The van der Waals surface area contributed by atoms with Crippen molar-refractivity contribution in [2.75, 3.05) is 12.4 Å². The Labute approximate surface area is 229 Å². The number of rotatable bonds is 11. The van der Waals surface area contributed by atoms with E-state index in [0.717, 1.165) is 20.1 Å². The zero-order valence-electron chi connectivity index (χ0n) is 19.5. The minimum absolute atomic E-state index is 0.0195. The van der Waals surface area contributed by atoms with Gasteiger partial charge in [0, 0.05) is 12.1 Å². The lowest BCUT2D eigenvalue weighted by molar-refractivity contribution is -0.384. The number of non-ortho nitro benzene ring substituents is 1.